The van der Waals surface area contributed by atoms with Gasteiger partial charge in [-0.2, -0.15) is 13.2 Å². The number of alkyl halides is 4. The first kappa shape index (κ1) is 11.7. The number of thioether (sulfide) groups is 1. The minimum Gasteiger partial charge on any atom is -0.166 e. The lowest BCUT2D eigenvalue weighted by Gasteiger charge is -2.12. The molecule has 0 bridgehead atoms. The van der Waals surface area contributed by atoms with Gasteiger partial charge >= 0.3 is 6.18 Å². The van der Waals surface area contributed by atoms with Gasteiger partial charge in [0.15, 0.2) is 0 Å². The van der Waals surface area contributed by atoms with Crippen LogP contribution in [0.4, 0.5) is 13.2 Å². The number of hydrogen-bond acceptors (Lipinski definition) is 1. The van der Waals surface area contributed by atoms with E-state index in [9.17, 15) is 13.2 Å². The van der Waals surface area contributed by atoms with E-state index in [1.54, 1.807) is 12.3 Å². The first-order valence-corrected chi connectivity index (χ1v) is 5.55. The van der Waals surface area contributed by atoms with Crippen molar-refractivity contribution < 1.29 is 13.2 Å². The van der Waals surface area contributed by atoms with Crippen molar-refractivity contribution >= 4 is 23.4 Å². The molecule has 1 rings (SSSR count). The molecule has 0 N–H and O–H groups in total. The lowest BCUT2D eigenvalue weighted by atomic mass is 10.1. The normalized spacial score (nSPS) is 11.8. The standard InChI is InChI=1S/C9H8ClF3S/c1-14-8-3-2-6(5-10)4-7(8)9(11,12)13/h2-4H,5H2,1H3. The number of benzene rings is 1. The van der Waals surface area contributed by atoms with Crippen LogP contribution in [0, 0.1) is 0 Å². The van der Waals surface area contributed by atoms with E-state index in [0.717, 1.165) is 17.8 Å². The Bertz CT molecular complexity index is 322. The van der Waals surface area contributed by atoms with Crippen LogP contribution in [-0.4, -0.2) is 6.26 Å². The van der Waals surface area contributed by atoms with Crippen LogP contribution in [0.3, 0.4) is 0 Å². The number of halogens is 4. The van der Waals surface area contributed by atoms with Crippen LogP contribution in [0.5, 0.6) is 0 Å². The Morgan fingerprint density at radius 3 is 2.43 bits per heavy atom. The van der Waals surface area contributed by atoms with Crippen LogP contribution in [-0.2, 0) is 12.1 Å². The minimum absolute atomic E-state index is 0.0950. The van der Waals surface area contributed by atoms with E-state index in [2.05, 4.69) is 0 Å². The second-order valence-electron chi connectivity index (χ2n) is 2.67. The molecule has 1 aromatic carbocycles. The monoisotopic (exact) mass is 240 g/mol. The fourth-order valence-electron chi connectivity index (χ4n) is 1.06. The highest BCUT2D eigenvalue weighted by molar-refractivity contribution is 7.98. The molecular weight excluding hydrogens is 233 g/mol. The molecule has 0 nitrogen and oxygen atoms in total. The third-order valence-corrected chi connectivity index (χ3v) is 2.83. The summed E-state index contributed by atoms with van der Waals surface area (Å²) in [5.41, 5.74) is -0.125. The van der Waals surface area contributed by atoms with Gasteiger partial charge in [-0.1, -0.05) is 6.07 Å². The molecule has 0 heterocycles. The zero-order valence-corrected chi connectivity index (χ0v) is 8.93. The van der Waals surface area contributed by atoms with Gasteiger partial charge in [0.1, 0.15) is 0 Å². The first-order chi connectivity index (χ1) is 6.49. The summed E-state index contributed by atoms with van der Waals surface area (Å²) in [5, 5.41) is 0. The zero-order chi connectivity index (χ0) is 10.8. The lowest BCUT2D eigenvalue weighted by molar-refractivity contribution is -0.139. The van der Waals surface area contributed by atoms with Crippen LogP contribution in [0.2, 0.25) is 0 Å². The van der Waals surface area contributed by atoms with Gasteiger partial charge in [-0.25, -0.2) is 0 Å². The Kier molecular flexibility index (Phi) is 3.72. The second-order valence-corrected chi connectivity index (χ2v) is 3.78. The average Bonchev–Trinajstić information content (AvgIpc) is 2.15. The smallest absolute Gasteiger partial charge is 0.166 e. The highest BCUT2D eigenvalue weighted by atomic mass is 35.5. The number of rotatable bonds is 2. The highest BCUT2D eigenvalue weighted by Crippen LogP contribution is 2.36. The molecule has 0 saturated heterocycles. The van der Waals surface area contributed by atoms with Crippen LogP contribution in [0.25, 0.3) is 0 Å². The maximum absolute atomic E-state index is 12.5. The first-order valence-electron chi connectivity index (χ1n) is 3.79. The molecule has 0 atom stereocenters. The van der Waals surface area contributed by atoms with Gasteiger partial charge in [0.05, 0.1) is 5.56 Å². The van der Waals surface area contributed by atoms with Gasteiger partial charge in [-0.3, -0.25) is 0 Å². The van der Waals surface area contributed by atoms with Crippen molar-refractivity contribution in [3.05, 3.63) is 29.3 Å². The minimum atomic E-state index is -4.31. The van der Waals surface area contributed by atoms with E-state index in [1.165, 1.54) is 6.07 Å². The van der Waals surface area contributed by atoms with Crippen molar-refractivity contribution in [3.8, 4) is 0 Å². The summed E-state index contributed by atoms with van der Waals surface area (Å²) >= 11 is 6.55. The second kappa shape index (κ2) is 4.45. The van der Waals surface area contributed by atoms with Gasteiger partial charge in [0.2, 0.25) is 0 Å². The fourth-order valence-corrected chi connectivity index (χ4v) is 1.82. The van der Waals surface area contributed by atoms with Crippen molar-refractivity contribution in [2.75, 3.05) is 6.26 Å². The molecule has 78 valence electrons. The molecular formula is C9H8ClF3S. The quantitative estimate of drug-likeness (QED) is 0.552. The van der Waals surface area contributed by atoms with E-state index in [1.807, 2.05) is 0 Å². The molecule has 0 unspecified atom stereocenters. The van der Waals surface area contributed by atoms with Crippen LogP contribution in [0.15, 0.2) is 23.1 Å². The molecule has 0 aliphatic carbocycles. The summed E-state index contributed by atoms with van der Waals surface area (Å²) in [7, 11) is 0. The summed E-state index contributed by atoms with van der Waals surface area (Å²) in [6.45, 7) is 0. The summed E-state index contributed by atoms with van der Waals surface area (Å²) in [4.78, 5) is 0.228. The topological polar surface area (TPSA) is 0 Å². The fraction of sp³-hybridized carbons (Fsp3) is 0.333. The largest absolute Gasteiger partial charge is 0.417 e. The predicted octanol–water partition coefficient (Wildman–Crippen LogP) is 4.17. The summed E-state index contributed by atoms with van der Waals surface area (Å²) < 4.78 is 37.5. The zero-order valence-electron chi connectivity index (χ0n) is 7.36. The molecule has 0 spiro atoms. The Hall–Kier alpha value is -0.350. The molecule has 0 amide bonds. The maximum Gasteiger partial charge on any atom is 0.417 e. The van der Waals surface area contributed by atoms with Crippen LogP contribution >= 0.6 is 23.4 Å². The third kappa shape index (κ3) is 2.58. The van der Waals surface area contributed by atoms with Crippen molar-refractivity contribution in [2.45, 2.75) is 17.0 Å². The number of hydrogen-bond donors (Lipinski definition) is 0. The lowest BCUT2D eigenvalue weighted by Crippen LogP contribution is -2.07. The van der Waals surface area contributed by atoms with Crippen molar-refractivity contribution in [1.82, 2.24) is 0 Å². The maximum atomic E-state index is 12.5. The summed E-state index contributed by atoms with van der Waals surface area (Å²) in [6, 6.07) is 4.15. The van der Waals surface area contributed by atoms with Crippen molar-refractivity contribution in [2.24, 2.45) is 0 Å². The molecule has 0 aromatic heterocycles. The Balaban J connectivity index is 3.22. The Morgan fingerprint density at radius 2 is 2.00 bits per heavy atom. The van der Waals surface area contributed by atoms with E-state index in [4.69, 9.17) is 11.6 Å². The molecule has 0 fully saturated rings. The van der Waals surface area contributed by atoms with Crippen LogP contribution < -0.4 is 0 Å². The van der Waals surface area contributed by atoms with E-state index in [-0.39, 0.29) is 10.8 Å². The average molecular weight is 241 g/mol. The molecule has 1 aromatic rings. The molecule has 5 heteroatoms. The molecule has 14 heavy (non-hydrogen) atoms. The van der Waals surface area contributed by atoms with Crippen molar-refractivity contribution in [1.29, 1.82) is 0 Å². The SMILES string of the molecule is CSc1ccc(CCl)cc1C(F)(F)F. The summed E-state index contributed by atoms with van der Waals surface area (Å²) in [5.74, 6) is 0.0950. The predicted molar refractivity (Wildman–Crippen MR) is 52.8 cm³/mol. The van der Waals surface area contributed by atoms with Gasteiger partial charge in [0, 0.05) is 10.8 Å². The van der Waals surface area contributed by atoms with Crippen molar-refractivity contribution in [3.63, 3.8) is 0 Å². The van der Waals surface area contributed by atoms with Gasteiger partial charge in [0.25, 0.3) is 0 Å². The van der Waals surface area contributed by atoms with E-state index < -0.39 is 11.7 Å². The molecule has 0 aliphatic heterocycles. The van der Waals surface area contributed by atoms with E-state index >= 15 is 0 Å². The van der Waals surface area contributed by atoms with Crippen LogP contribution in [0.1, 0.15) is 11.1 Å². The molecule has 0 saturated carbocycles. The molecule has 0 aliphatic rings. The van der Waals surface area contributed by atoms with E-state index in [0.29, 0.717) is 5.56 Å². The Morgan fingerprint density at radius 1 is 1.36 bits per heavy atom. The third-order valence-electron chi connectivity index (χ3n) is 1.72. The van der Waals surface area contributed by atoms with Gasteiger partial charge in [-0.15, -0.1) is 23.4 Å². The summed E-state index contributed by atoms with van der Waals surface area (Å²) in [6.07, 6.45) is -2.69. The highest BCUT2D eigenvalue weighted by Gasteiger charge is 2.33. The molecule has 0 radical (unpaired) electrons. The van der Waals surface area contributed by atoms with Gasteiger partial charge in [-0.05, 0) is 24.0 Å². The van der Waals surface area contributed by atoms with Gasteiger partial charge < -0.3 is 0 Å². The Labute approximate surface area is 89.4 Å².